The molecule has 0 aliphatic heterocycles. The summed E-state index contributed by atoms with van der Waals surface area (Å²) in [5, 5.41) is 6.36. The van der Waals surface area contributed by atoms with Crippen molar-refractivity contribution in [2.45, 2.75) is 6.92 Å². The maximum Gasteiger partial charge on any atom is 0.338 e. The predicted octanol–water partition coefficient (Wildman–Crippen LogP) is 4.30. The molecule has 2 aromatic carbocycles. The van der Waals surface area contributed by atoms with Gasteiger partial charge in [-0.25, -0.2) is 14.8 Å². The van der Waals surface area contributed by atoms with Crippen molar-refractivity contribution in [3.63, 3.8) is 0 Å². The van der Waals surface area contributed by atoms with Gasteiger partial charge in [0.2, 0.25) is 0 Å². The lowest BCUT2D eigenvalue weighted by molar-refractivity contribution is 0.0526. The third-order valence-electron chi connectivity index (χ3n) is 3.66. The van der Waals surface area contributed by atoms with Crippen LogP contribution in [0.4, 0.5) is 17.2 Å². The molecule has 0 spiro atoms. The number of hydrogen-bond acceptors (Lipinski definition) is 6. The van der Waals surface area contributed by atoms with E-state index in [0.29, 0.717) is 28.7 Å². The summed E-state index contributed by atoms with van der Waals surface area (Å²) in [4.78, 5) is 32.2. The summed E-state index contributed by atoms with van der Waals surface area (Å²) >= 11 is 5.82. The number of esters is 1. The molecule has 0 aliphatic carbocycles. The van der Waals surface area contributed by atoms with Crippen LogP contribution in [0, 0.1) is 0 Å². The second-order valence-electron chi connectivity index (χ2n) is 5.67. The van der Waals surface area contributed by atoms with Gasteiger partial charge in [-0.2, -0.15) is 0 Å². The van der Waals surface area contributed by atoms with Crippen LogP contribution in [0.15, 0.2) is 60.9 Å². The summed E-state index contributed by atoms with van der Waals surface area (Å²) in [5.41, 5.74) is 1.98. The van der Waals surface area contributed by atoms with Crippen molar-refractivity contribution in [2.75, 3.05) is 17.2 Å². The van der Waals surface area contributed by atoms with Crippen LogP contribution in [0.5, 0.6) is 0 Å². The number of aromatic nitrogens is 2. The molecule has 1 heterocycles. The first-order valence-electron chi connectivity index (χ1n) is 8.48. The second-order valence-corrected chi connectivity index (χ2v) is 6.11. The summed E-state index contributed by atoms with van der Waals surface area (Å²) in [5.74, 6) is -0.281. The highest BCUT2D eigenvalue weighted by Crippen LogP contribution is 2.16. The minimum atomic E-state index is -0.375. The summed E-state index contributed by atoms with van der Waals surface area (Å²) < 4.78 is 4.94. The smallest absolute Gasteiger partial charge is 0.338 e. The first-order chi connectivity index (χ1) is 13.5. The highest BCUT2D eigenvalue weighted by molar-refractivity contribution is 6.30. The maximum absolute atomic E-state index is 12.2. The van der Waals surface area contributed by atoms with E-state index in [1.165, 1.54) is 12.4 Å². The van der Waals surface area contributed by atoms with E-state index < -0.39 is 0 Å². The van der Waals surface area contributed by atoms with Gasteiger partial charge >= 0.3 is 5.97 Å². The van der Waals surface area contributed by atoms with Crippen molar-refractivity contribution in [1.82, 2.24) is 9.97 Å². The molecule has 0 unspecified atom stereocenters. The van der Waals surface area contributed by atoms with E-state index in [0.717, 1.165) is 5.69 Å². The molecule has 0 fully saturated rings. The fourth-order valence-electron chi connectivity index (χ4n) is 2.29. The number of ether oxygens (including phenoxy) is 1. The van der Waals surface area contributed by atoms with Gasteiger partial charge < -0.3 is 15.4 Å². The number of benzene rings is 2. The molecule has 8 heteroatoms. The van der Waals surface area contributed by atoms with E-state index in [1.54, 1.807) is 55.5 Å². The van der Waals surface area contributed by atoms with Crippen LogP contribution in [0.3, 0.4) is 0 Å². The van der Waals surface area contributed by atoms with Gasteiger partial charge in [0.15, 0.2) is 0 Å². The molecule has 28 heavy (non-hydrogen) atoms. The number of amides is 1. The Labute approximate surface area is 166 Å². The number of nitrogens with zero attached hydrogens (tertiary/aromatic N) is 2. The third kappa shape index (κ3) is 5.05. The zero-order valence-corrected chi connectivity index (χ0v) is 15.7. The topological polar surface area (TPSA) is 93.2 Å². The molecule has 3 aromatic rings. The van der Waals surface area contributed by atoms with Crippen molar-refractivity contribution < 1.29 is 14.3 Å². The van der Waals surface area contributed by atoms with Gasteiger partial charge in [-0.05, 0) is 55.5 Å². The summed E-state index contributed by atoms with van der Waals surface area (Å²) in [6.45, 7) is 2.08. The maximum atomic E-state index is 12.2. The highest BCUT2D eigenvalue weighted by Gasteiger charge is 2.09. The first kappa shape index (κ1) is 19.3. The van der Waals surface area contributed by atoms with E-state index in [9.17, 15) is 9.59 Å². The monoisotopic (exact) mass is 396 g/mol. The van der Waals surface area contributed by atoms with Gasteiger partial charge in [-0.15, -0.1) is 0 Å². The molecule has 0 saturated heterocycles. The van der Waals surface area contributed by atoms with Gasteiger partial charge in [0.25, 0.3) is 5.91 Å². The quantitative estimate of drug-likeness (QED) is 0.603. The van der Waals surface area contributed by atoms with E-state index in [1.807, 2.05) is 0 Å². The normalized spacial score (nSPS) is 10.2. The lowest BCUT2D eigenvalue weighted by Gasteiger charge is -2.08. The number of nitrogens with one attached hydrogen (secondary N) is 2. The molecule has 0 aliphatic rings. The lowest BCUT2D eigenvalue weighted by atomic mass is 10.2. The first-order valence-corrected chi connectivity index (χ1v) is 8.86. The lowest BCUT2D eigenvalue weighted by Crippen LogP contribution is -2.14. The molecule has 0 bridgehead atoms. The minimum Gasteiger partial charge on any atom is -0.462 e. The van der Waals surface area contributed by atoms with E-state index in [2.05, 4.69) is 20.6 Å². The standard InChI is InChI=1S/C20H17ClN4O3/c1-2-28-20(27)13-3-7-15(8-4-13)24-18-12-22-17(11-23-18)19(26)25-16-9-5-14(21)6-10-16/h3-12H,2H2,1H3,(H,23,24)(H,25,26). The summed E-state index contributed by atoms with van der Waals surface area (Å²) in [7, 11) is 0. The highest BCUT2D eigenvalue weighted by atomic mass is 35.5. The zero-order valence-electron chi connectivity index (χ0n) is 15.0. The number of hydrogen-bond donors (Lipinski definition) is 2. The average molecular weight is 397 g/mol. The minimum absolute atomic E-state index is 0.179. The second kappa shape index (κ2) is 8.96. The van der Waals surface area contributed by atoms with Crippen LogP contribution in [0.25, 0.3) is 0 Å². The van der Waals surface area contributed by atoms with Crippen LogP contribution in [-0.2, 0) is 4.74 Å². The molecule has 3 rings (SSSR count). The molecule has 0 saturated carbocycles. The van der Waals surface area contributed by atoms with Crippen molar-refractivity contribution in [3.8, 4) is 0 Å². The number of carbonyl (C=O) groups excluding carboxylic acids is 2. The summed E-state index contributed by atoms with van der Waals surface area (Å²) in [6.07, 6.45) is 2.83. The van der Waals surface area contributed by atoms with Gasteiger partial charge in [0, 0.05) is 16.4 Å². The summed E-state index contributed by atoms with van der Waals surface area (Å²) in [6, 6.07) is 13.5. The van der Waals surface area contributed by atoms with Gasteiger partial charge in [-0.3, -0.25) is 4.79 Å². The van der Waals surface area contributed by atoms with E-state index >= 15 is 0 Å². The Balaban J connectivity index is 1.61. The number of halogens is 1. The Morgan fingerprint density at radius 1 is 0.964 bits per heavy atom. The van der Waals surface area contributed by atoms with E-state index in [-0.39, 0.29) is 17.6 Å². The molecular formula is C20H17ClN4O3. The van der Waals surface area contributed by atoms with Gasteiger partial charge in [0.05, 0.1) is 24.6 Å². The van der Waals surface area contributed by atoms with Crippen LogP contribution in [0.2, 0.25) is 5.02 Å². The SMILES string of the molecule is CCOC(=O)c1ccc(Nc2cnc(C(=O)Nc3ccc(Cl)cc3)cn2)cc1. The van der Waals surface area contributed by atoms with Gasteiger partial charge in [-0.1, -0.05) is 11.6 Å². The largest absolute Gasteiger partial charge is 0.462 e. The Morgan fingerprint density at radius 2 is 1.64 bits per heavy atom. The van der Waals surface area contributed by atoms with E-state index in [4.69, 9.17) is 16.3 Å². The molecule has 1 aromatic heterocycles. The Hall–Kier alpha value is -3.45. The molecular weight excluding hydrogens is 380 g/mol. The Bertz CT molecular complexity index is 958. The molecule has 7 nitrogen and oxygen atoms in total. The Kier molecular flexibility index (Phi) is 6.18. The fourth-order valence-corrected chi connectivity index (χ4v) is 2.42. The van der Waals surface area contributed by atoms with Crippen LogP contribution >= 0.6 is 11.6 Å². The number of rotatable bonds is 6. The Morgan fingerprint density at radius 3 is 2.25 bits per heavy atom. The third-order valence-corrected chi connectivity index (χ3v) is 3.91. The van der Waals surface area contributed by atoms with Crippen molar-refractivity contribution in [2.24, 2.45) is 0 Å². The molecule has 1 amide bonds. The molecule has 0 atom stereocenters. The van der Waals surface area contributed by atoms with Crippen molar-refractivity contribution >= 4 is 40.7 Å². The number of carbonyl (C=O) groups is 2. The van der Waals surface area contributed by atoms with Crippen LogP contribution in [0.1, 0.15) is 27.8 Å². The van der Waals surface area contributed by atoms with Crippen LogP contribution in [-0.4, -0.2) is 28.5 Å². The van der Waals surface area contributed by atoms with Crippen molar-refractivity contribution in [3.05, 3.63) is 77.2 Å². The van der Waals surface area contributed by atoms with Gasteiger partial charge in [0.1, 0.15) is 11.5 Å². The molecule has 0 radical (unpaired) electrons. The fraction of sp³-hybridized carbons (Fsp3) is 0.100. The van der Waals surface area contributed by atoms with Crippen LogP contribution < -0.4 is 10.6 Å². The predicted molar refractivity (Wildman–Crippen MR) is 107 cm³/mol. The zero-order chi connectivity index (χ0) is 19.9. The number of anilines is 3. The molecule has 142 valence electrons. The van der Waals surface area contributed by atoms with Crippen molar-refractivity contribution in [1.29, 1.82) is 0 Å². The molecule has 2 N–H and O–H groups in total. The average Bonchev–Trinajstić information content (AvgIpc) is 2.71.